The van der Waals surface area contributed by atoms with Gasteiger partial charge in [-0.3, -0.25) is 19.9 Å². The summed E-state index contributed by atoms with van der Waals surface area (Å²) < 4.78 is 5.36. The number of hydrogen-bond acceptors (Lipinski definition) is 5. The number of hydrazine groups is 1. The zero-order valence-electron chi connectivity index (χ0n) is 12.0. The van der Waals surface area contributed by atoms with Gasteiger partial charge in [0.1, 0.15) is 5.76 Å². The Hall–Kier alpha value is -1.86. The Bertz CT molecular complexity index is 523. The van der Waals surface area contributed by atoms with Crippen LogP contribution in [0.2, 0.25) is 0 Å². The van der Waals surface area contributed by atoms with Gasteiger partial charge in [-0.05, 0) is 19.9 Å². The van der Waals surface area contributed by atoms with Gasteiger partial charge in [-0.1, -0.05) is 0 Å². The van der Waals surface area contributed by atoms with E-state index in [1.807, 2.05) is 18.7 Å². The standard InChI is InChI=1S/C13H20N4O3/c1-13(2)12(19)16(3)5-6-17(13)8-10-9(4-7-20-10)11(18)15-14/h4,7H,5-6,8,14H2,1-3H3,(H,15,18). The first-order valence-electron chi connectivity index (χ1n) is 6.46. The molecule has 0 unspecified atom stereocenters. The predicted octanol–water partition coefficient (Wildman–Crippen LogP) is -0.0643. The molecule has 0 atom stereocenters. The number of hydrogen-bond donors (Lipinski definition) is 2. The first-order chi connectivity index (χ1) is 9.37. The number of likely N-dealkylation sites (N-methyl/N-ethyl adjacent to an activating group) is 1. The van der Waals surface area contributed by atoms with Crippen molar-refractivity contribution in [2.45, 2.75) is 25.9 Å². The Kier molecular flexibility index (Phi) is 3.82. The largest absolute Gasteiger partial charge is 0.467 e. The van der Waals surface area contributed by atoms with Crippen LogP contribution < -0.4 is 11.3 Å². The highest BCUT2D eigenvalue weighted by Gasteiger charge is 2.41. The topological polar surface area (TPSA) is 91.8 Å². The van der Waals surface area contributed by atoms with Gasteiger partial charge in [-0.25, -0.2) is 5.84 Å². The minimum Gasteiger partial charge on any atom is -0.467 e. The average Bonchev–Trinajstić information content (AvgIpc) is 2.87. The Labute approximate surface area is 117 Å². The molecule has 1 fully saturated rings. The van der Waals surface area contributed by atoms with E-state index in [4.69, 9.17) is 10.3 Å². The van der Waals surface area contributed by atoms with Crippen LogP contribution in [0, 0.1) is 0 Å². The molecular weight excluding hydrogens is 260 g/mol. The highest BCUT2D eigenvalue weighted by Crippen LogP contribution is 2.25. The highest BCUT2D eigenvalue weighted by atomic mass is 16.3. The summed E-state index contributed by atoms with van der Waals surface area (Å²) in [6, 6.07) is 1.57. The molecule has 1 aromatic rings. The number of amides is 2. The second-order valence-corrected chi connectivity index (χ2v) is 5.44. The number of rotatable bonds is 3. The predicted molar refractivity (Wildman–Crippen MR) is 72.5 cm³/mol. The van der Waals surface area contributed by atoms with Crippen LogP contribution in [-0.4, -0.2) is 47.3 Å². The van der Waals surface area contributed by atoms with Crippen molar-refractivity contribution in [1.29, 1.82) is 0 Å². The van der Waals surface area contributed by atoms with Crippen LogP contribution in [0.25, 0.3) is 0 Å². The summed E-state index contributed by atoms with van der Waals surface area (Å²) in [6.45, 7) is 5.51. The number of carbonyl (C=O) groups is 2. The first kappa shape index (κ1) is 14.5. The number of furan rings is 1. The molecule has 110 valence electrons. The van der Waals surface area contributed by atoms with Crippen molar-refractivity contribution in [3.8, 4) is 0 Å². The molecule has 1 aromatic heterocycles. The molecule has 0 saturated carbocycles. The maximum atomic E-state index is 12.2. The lowest BCUT2D eigenvalue weighted by molar-refractivity contribution is -0.147. The monoisotopic (exact) mass is 280 g/mol. The molecule has 0 aliphatic carbocycles. The number of nitrogens with one attached hydrogen (secondary N) is 1. The van der Waals surface area contributed by atoms with Crippen LogP contribution >= 0.6 is 0 Å². The highest BCUT2D eigenvalue weighted by molar-refractivity contribution is 5.94. The van der Waals surface area contributed by atoms with Gasteiger partial charge in [-0.15, -0.1) is 0 Å². The van der Waals surface area contributed by atoms with E-state index in [2.05, 4.69) is 5.43 Å². The molecule has 0 radical (unpaired) electrons. The molecule has 7 heteroatoms. The number of carbonyl (C=O) groups excluding carboxylic acids is 2. The van der Waals surface area contributed by atoms with Gasteiger partial charge in [0, 0.05) is 20.1 Å². The van der Waals surface area contributed by atoms with Crippen LogP contribution in [0.3, 0.4) is 0 Å². The van der Waals surface area contributed by atoms with E-state index in [0.717, 1.165) is 6.54 Å². The molecule has 20 heavy (non-hydrogen) atoms. The van der Waals surface area contributed by atoms with E-state index in [1.54, 1.807) is 18.0 Å². The molecule has 2 heterocycles. The van der Waals surface area contributed by atoms with Crippen molar-refractivity contribution < 1.29 is 14.0 Å². The van der Waals surface area contributed by atoms with Gasteiger partial charge in [-0.2, -0.15) is 0 Å². The van der Waals surface area contributed by atoms with Crippen LogP contribution in [0.1, 0.15) is 30.0 Å². The third-order valence-corrected chi connectivity index (χ3v) is 3.82. The molecule has 0 aromatic carbocycles. The van der Waals surface area contributed by atoms with Crippen LogP contribution in [0.15, 0.2) is 16.7 Å². The third kappa shape index (κ3) is 2.41. The third-order valence-electron chi connectivity index (χ3n) is 3.82. The van der Waals surface area contributed by atoms with Crippen LogP contribution in [0.4, 0.5) is 0 Å². The lowest BCUT2D eigenvalue weighted by Gasteiger charge is -2.44. The molecule has 7 nitrogen and oxygen atoms in total. The molecule has 2 rings (SSSR count). The molecule has 0 spiro atoms. The number of piperazine rings is 1. The zero-order valence-corrected chi connectivity index (χ0v) is 12.0. The summed E-state index contributed by atoms with van der Waals surface area (Å²) in [4.78, 5) is 27.6. The first-order valence-corrected chi connectivity index (χ1v) is 6.46. The van der Waals surface area contributed by atoms with E-state index in [-0.39, 0.29) is 5.91 Å². The fraction of sp³-hybridized carbons (Fsp3) is 0.538. The van der Waals surface area contributed by atoms with Crippen molar-refractivity contribution in [1.82, 2.24) is 15.2 Å². The van der Waals surface area contributed by atoms with E-state index in [9.17, 15) is 9.59 Å². The van der Waals surface area contributed by atoms with E-state index < -0.39 is 11.4 Å². The van der Waals surface area contributed by atoms with Crippen LogP contribution in [0.5, 0.6) is 0 Å². The van der Waals surface area contributed by atoms with E-state index in [1.165, 1.54) is 6.26 Å². The van der Waals surface area contributed by atoms with E-state index >= 15 is 0 Å². The van der Waals surface area contributed by atoms with E-state index in [0.29, 0.717) is 24.4 Å². The Morgan fingerprint density at radius 1 is 1.50 bits per heavy atom. The number of nitrogens with two attached hydrogens (primary N) is 1. The van der Waals surface area contributed by atoms with Crippen molar-refractivity contribution in [3.63, 3.8) is 0 Å². The summed E-state index contributed by atoms with van der Waals surface area (Å²) in [5.41, 5.74) is 1.86. The SMILES string of the molecule is CN1CCN(Cc2occc2C(=O)NN)C(C)(C)C1=O. The summed E-state index contributed by atoms with van der Waals surface area (Å²) in [6.07, 6.45) is 1.45. The minimum atomic E-state index is -0.629. The van der Waals surface area contributed by atoms with Gasteiger partial charge in [0.25, 0.3) is 5.91 Å². The van der Waals surface area contributed by atoms with Gasteiger partial charge in [0.15, 0.2) is 0 Å². The van der Waals surface area contributed by atoms with Crippen molar-refractivity contribution in [2.75, 3.05) is 20.1 Å². The van der Waals surface area contributed by atoms with Crippen molar-refractivity contribution >= 4 is 11.8 Å². The van der Waals surface area contributed by atoms with Gasteiger partial charge in [0.2, 0.25) is 5.91 Å². The van der Waals surface area contributed by atoms with Gasteiger partial charge >= 0.3 is 0 Å². The van der Waals surface area contributed by atoms with Crippen molar-refractivity contribution in [3.05, 3.63) is 23.7 Å². The summed E-state index contributed by atoms with van der Waals surface area (Å²) in [5, 5.41) is 0. The summed E-state index contributed by atoms with van der Waals surface area (Å²) >= 11 is 0. The Balaban J connectivity index is 2.20. The van der Waals surface area contributed by atoms with Gasteiger partial charge < -0.3 is 9.32 Å². The zero-order chi connectivity index (χ0) is 14.9. The fourth-order valence-corrected chi connectivity index (χ4v) is 2.45. The maximum Gasteiger partial charge on any atom is 0.268 e. The quantitative estimate of drug-likeness (QED) is 0.459. The lowest BCUT2D eigenvalue weighted by atomic mass is 9.97. The number of nitrogen functional groups attached to an aromatic ring is 1. The summed E-state index contributed by atoms with van der Waals surface area (Å²) in [5.74, 6) is 5.32. The normalized spacial score (nSPS) is 19.2. The Morgan fingerprint density at radius 2 is 2.20 bits per heavy atom. The average molecular weight is 280 g/mol. The minimum absolute atomic E-state index is 0.0557. The molecule has 1 aliphatic rings. The van der Waals surface area contributed by atoms with Gasteiger partial charge in [0.05, 0.1) is 23.9 Å². The molecular formula is C13H20N4O3. The number of nitrogens with zero attached hydrogens (tertiary/aromatic N) is 2. The van der Waals surface area contributed by atoms with Crippen molar-refractivity contribution in [2.24, 2.45) is 5.84 Å². The molecule has 1 saturated heterocycles. The molecule has 1 aliphatic heterocycles. The summed E-state index contributed by atoms with van der Waals surface area (Å²) in [7, 11) is 1.79. The second kappa shape index (κ2) is 5.26. The molecule has 2 amide bonds. The molecule has 3 N–H and O–H groups in total. The second-order valence-electron chi connectivity index (χ2n) is 5.44. The fourth-order valence-electron chi connectivity index (χ4n) is 2.45. The maximum absolute atomic E-state index is 12.2. The molecule has 0 bridgehead atoms. The Morgan fingerprint density at radius 3 is 2.85 bits per heavy atom. The lowest BCUT2D eigenvalue weighted by Crippen LogP contribution is -2.61. The smallest absolute Gasteiger partial charge is 0.268 e. The van der Waals surface area contributed by atoms with Crippen LogP contribution in [-0.2, 0) is 11.3 Å².